The van der Waals surface area contributed by atoms with Crippen LogP contribution in [0.25, 0.3) is 0 Å². The van der Waals surface area contributed by atoms with Crippen molar-refractivity contribution in [2.24, 2.45) is 5.92 Å². The van der Waals surface area contributed by atoms with E-state index in [2.05, 4.69) is 5.32 Å². The first-order valence-electron chi connectivity index (χ1n) is 11.2. The van der Waals surface area contributed by atoms with Crippen molar-refractivity contribution in [1.82, 2.24) is 10.2 Å². The Balaban J connectivity index is 2.03. The number of nitro benzene ring substituents is 1. The Morgan fingerprint density at radius 3 is 2.30 bits per heavy atom. The van der Waals surface area contributed by atoms with Gasteiger partial charge in [-0.1, -0.05) is 63.2 Å². The summed E-state index contributed by atoms with van der Waals surface area (Å²) in [6, 6.07) is 15.8. The van der Waals surface area contributed by atoms with Crippen molar-refractivity contribution in [3.63, 3.8) is 0 Å². The maximum Gasteiger partial charge on any atom is 0.269 e. The van der Waals surface area contributed by atoms with Gasteiger partial charge in [0.25, 0.3) is 5.69 Å². The summed E-state index contributed by atoms with van der Waals surface area (Å²) in [7, 11) is 0. The zero-order valence-electron chi connectivity index (χ0n) is 19.5. The van der Waals surface area contributed by atoms with Crippen LogP contribution in [0, 0.1) is 16.0 Å². The van der Waals surface area contributed by atoms with Crippen LogP contribution in [0.4, 0.5) is 5.69 Å². The van der Waals surface area contributed by atoms with Gasteiger partial charge >= 0.3 is 0 Å². The maximum absolute atomic E-state index is 13.2. The number of carbonyl (C=O) groups excluding carboxylic acids is 2. The van der Waals surface area contributed by atoms with Gasteiger partial charge in [-0.25, -0.2) is 0 Å². The molecule has 0 aliphatic rings. The van der Waals surface area contributed by atoms with Crippen LogP contribution in [-0.4, -0.2) is 46.5 Å². The second-order valence-corrected chi connectivity index (χ2v) is 9.29. The Labute approximate surface area is 200 Å². The first kappa shape index (κ1) is 26.4. The predicted molar refractivity (Wildman–Crippen MR) is 133 cm³/mol. The Kier molecular flexibility index (Phi) is 10.9. The van der Waals surface area contributed by atoms with Crippen molar-refractivity contribution in [1.29, 1.82) is 0 Å². The minimum absolute atomic E-state index is 0.0464. The molecule has 0 bridgehead atoms. The molecular weight excluding hydrogens is 438 g/mol. The van der Waals surface area contributed by atoms with Crippen LogP contribution >= 0.6 is 11.8 Å². The number of hydrogen-bond donors (Lipinski definition) is 1. The lowest BCUT2D eigenvalue weighted by Crippen LogP contribution is -2.51. The minimum atomic E-state index is -0.514. The van der Waals surface area contributed by atoms with Gasteiger partial charge in [0.05, 0.1) is 10.7 Å². The molecule has 0 aromatic heterocycles. The smallest absolute Gasteiger partial charge is 0.269 e. The van der Waals surface area contributed by atoms with Gasteiger partial charge in [0.1, 0.15) is 6.04 Å². The molecule has 0 aliphatic heterocycles. The van der Waals surface area contributed by atoms with E-state index in [4.69, 9.17) is 0 Å². The van der Waals surface area contributed by atoms with Crippen LogP contribution in [-0.2, 0) is 21.8 Å². The summed E-state index contributed by atoms with van der Waals surface area (Å²) >= 11 is 1.44. The van der Waals surface area contributed by atoms with Crippen LogP contribution in [0.2, 0.25) is 0 Å². The van der Waals surface area contributed by atoms with E-state index in [9.17, 15) is 19.7 Å². The number of rotatable bonds is 13. The SMILES string of the molecule is CCC(C(=O)NCC(C)C)N(CCc1ccccc1)C(=O)CSCc1ccc([N+](=O)[O-])cc1. The fourth-order valence-electron chi connectivity index (χ4n) is 3.37. The molecule has 0 heterocycles. The molecule has 33 heavy (non-hydrogen) atoms. The van der Waals surface area contributed by atoms with Crippen molar-refractivity contribution in [2.45, 2.75) is 45.4 Å². The van der Waals surface area contributed by atoms with Gasteiger partial charge in [0.15, 0.2) is 0 Å². The topological polar surface area (TPSA) is 92.6 Å². The fraction of sp³-hybridized carbons (Fsp3) is 0.440. The number of thioether (sulfide) groups is 1. The predicted octanol–water partition coefficient (Wildman–Crippen LogP) is 4.45. The summed E-state index contributed by atoms with van der Waals surface area (Å²) in [4.78, 5) is 38.1. The summed E-state index contributed by atoms with van der Waals surface area (Å²) in [6.45, 7) is 7.04. The molecule has 1 N–H and O–H groups in total. The second kappa shape index (κ2) is 13.6. The Morgan fingerprint density at radius 1 is 1.06 bits per heavy atom. The van der Waals surface area contributed by atoms with Gasteiger partial charge in [0.2, 0.25) is 11.8 Å². The number of nitrogens with zero attached hydrogens (tertiary/aromatic N) is 2. The van der Waals surface area contributed by atoms with Gasteiger partial charge in [-0.2, -0.15) is 0 Å². The van der Waals surface area contributed by atoms with E-state index in [0.717, 1.165) is 11.1 Å². The Morgan fingerprint density at radius 2 is 1.73 bits per heavy atom. The summed E-state index contributed by atoms with van der Waals surface area (Å²) in [5.41, 5.74) is 2.08. The molecule has 0 radical (unpaired) electrons. The van der Waals surface area contributed by atoms with Crippen LogP contribution in [0.5, 0.6) is 0 Å². The first-order chi connectivity index (χ1) is 15.8. The van der Waals surface area contributed by atoms with E-state index < -0.39 is 11.0 Å². The largest absolute Gasteiger partial charge is 0.354 e. The molecule has 8 heteroatoms. The average Bonchev–Trinajstić information content (AvgIpc) is 2.81. The lowest BCUT2D eigenvalue weighted by Gasteiger charge is -2.31. The van der Waals surface area contributed by atoms with Crippen LogP contribution in [0.3, 0.4) is 0 Å². The van der Waals surface area contributed by atoms with Gasteiger partial charge < -0.3 is 10.2 Å². The lowest BCUT2D eigenvalue weighted by atomic mass is 10.1. The molecule has 2 aromatic carbocycles. The van der Waals surface area contributed by atoms with Crippen LogP contribution in [0.15, 0.2) is 54.6 Å². The van der Waals surface area contributed by atoms with Crippen molar-refractivity contribution >= 4 is 29.3 Å². The first-order valence-corrected chi connectivity index (χ1v) is 12.4. The van der Waals surface area contributed by atoms with E-state index in [0.29, 0.717) is 37.6 Å². The molecular formula is C25H33N3O4S. The third-order valence-electron chi connectivity index (χ3n) is 5.20. The van der Waals surface area contributed by atoms with E-state index in [1.165, 1.54) is 23.9 Å². The summed E-state index contributed by atoms with van der Waals surface area (Å²) in [6.07, 6.45) is 1.21. The normalized spacial score (nSPS) is 11.8. The Bertz CT molecular complexity index is 904. The van der Waals surface area contributed by atoms with Crippen molar-refractivity contribution in [3.05, 3.63) is 75.8 Å². The zero-order valence-corrected chi connectivity index (χ0v) is 20.3. The van der Waals surface area contributed by atoms with Gasteiger partial charge in [-0.15, -0.1) is 11.8 Å². The lowest BCUT2D eigenvalue weighted by molar-refractivity contribution is -0.384. The molecule has 0 saturated carbocycles. The molecule has 1 unspecified atom stereocenters. The molecule has 0 aliphatic carbocycles. The van der Waals surface area contributed by atoms with Gasteiger partial charge in [-0.05, 0) is 29.9 Å². The Hall–Kier alpha value is -2.87. The van der Waals surface area contributed by atoms with E-state index in [1.807, 2.05) is 51.1 Å². The quantitative estimate of drug-likeness (QED) is 0.344. The fourth-order valence-corrected chi connectivity index (χ4v) is 4.24. The highest BCUT2D eigenvalue weighted by atomic mass is 32.2. The number of nitro groups is 1. The van der Waals surface area contributed by atoms with Crippen molar-refractivity contribution < 1.29 is 14.5 Å². The van der Waals surface area contributed by atoms with E-state index in [1.54, 1.807) is 17.0 Å². The highest BCUT2D eigenvalue weighted by Crippen LogP contribution is 2.18. The van der Waals surface area contributed by atoms with Gasteiger partial charge in [0, 0.05) is 31.0 Å². The third-order valence-corrected chi connectivity index (χ3v) is 6.18. The molecule has 7 nitrogen and oxygen atoms in total. The number of hydrogen-bond acceptors (Lipinski definition) is 5. The van der Waals surface area contributed by atoms with Crippen molar-refractivity contribution in [2.75, 3.05) is 18.8 Å². The third kappa shape index (κ3) is 8.88. The summed E-state index contributed by atoms with van der Waals surface area (Å²) in [5.74, 6) is 0.932. The number of carbonyl (C=O) groups is 2. The number of amides is 2. The average molecular weight is 472 g/mol. The highest BCUT2D eigenvalue weighted by molar-refractivity contribution is 7.99. The molecule has 0 fully saturated rings. The molecule has 1 atom stereocenters. The minimum Gasteiger partial charge on any atom is -0.354 e. The number of benzene rings is 2. The number of nitrogens with one attached hydrogen (secondary N) is 1. The van der Waals surface area contributed by atoms with E-state index in [-0.39, 0.29) is 23.3 Å². The van der Waals surface area contributed by atoms with Crippen molar-refractivity contribution in [3.8, 4) is 0 Å². The molecule has 2 rings (SSSR count). The van der Waals surface area contributed by atoms with E-state index >= 15 is 0 Å². The molecule has 178 valence electrons. The standard InChI is InChI=1S/C25H33N3O4S/c1-4-23(25(30)26-16-19(2)3)27(15-14-20-8-6-5-7-9-20)24(29)18-33-17-21-10-12-22(13-11-21)28(31)32/h5-13,19,23H,4,14-18H2,1-3H3,(H,26,30). The van der Waals surface area contributed by atoms with Gasteiger partial charge in [-0.3, -0.25) is 19.7 Å². The van der Waals surface area contributed by atoms with Crippen LogP contribution < -0.4 is 5.32 Å². The monoisotopic (exact) mass is 471 g/mol. The van der Waals surface area contributed by atoms with Crippen LogP contribution in [0.1, 0.15) is 38.3 Å². The molecule has 2 amide bonds. The second-order valence-electron chi connectivity index (χ2n) is 8.30. The molecule has 0 spiro atoms. The zero-order chi connectivity index (χ0) is 24.2. The highest BCUT2D eigenvalue weighted by Gasteiger charge is 2.28. The number of non-ortho nitro benzene ring substituents is 1. The maximum atomic E-state index is 13.2. The summed E-state index contributed by atoms with van der Waals surface area (Å²) < 4.78 is 0. The summed E-state index contributed by atoms with van der Waals surface area (Å²) in [5, 5.41) is 13.8. The molecule has 0 saturated heterocycles. The molecule has 2 aromatic rings.